The second-order valence-electron chi connectivity index (χ2n) is 8.30. The van der Waals surface area contributed by atoms with Gasteiger partial charge in [-0.1, -0.05) is 18.2 Å². The summed E-state index contributed by atoms with van der Waals surface area (Å²) in [5, 5.41) is 3.95. The number of hydrogen-bond acceptors (Lipinski definition) is 9. The summed E-state index contributed by atoms with van der Waals surface area (Å²) in [6, 6.07) is 7.44. The number of imidazole rings is 1. The van der Waals surface area contributed by atoms with E-state index in [1.54, 1.807) is 0 Å². The topological polar surface area (TPSA) is 146 Å². The van der Waals surface area contributed by atoms with Crippen LogP contribution in [-0.4, -0.2) is 47.9 Å². The van der Waals surface area contributed by atoms with Crippen molar-refractivity contribution in [3.05, 3.63) is 61.5 Å². The molecule has 33 heavy (non-hydrogen) atoms. The number of anilines is 1. The molecule has 2 N–H and O–H groups in total. The molecule has 0 saturated carbocycles. The minimum atomic E-state index is -0.679. The van der Waals surface area contributed by atoms with Gasteiger partial charge in [0.15, 0.2) is 11.2 Å². The van der Waals surface area contributed by atoms with Crippen LogP contribution in [0.4, 0.5) is 5.95 Å². The van der Waals surface area contributed by atoms with Crippen LogP contribution in [0.1, 0.15) is 24.4 Å². The first-order valence-electron chi connectivity index (χ1n) is 10.7. The van der Waals surface area contributed by atoms with Crippen molar-refractivity contribution in [1.29, 1.82) is 0 Å². The van der Waals surface area contributed by atoms with E-state index in [1.807, 2.05) is 36.1 Å². The van der Waals surface area contributed by atoms with Gasteiger partial charge in [-0.05, 0) is 25.8 Å². The zero-order valence-corrected chi connectivity index (χ0v) is 18.3. The molecular weight excluding hydrogens is 426 g/mol. The minimum absolute atomic E-state index is 0.0706. The van der Waals surface area contributed by atoms with Crippen molar-refractivity contribution in [3.63, 3.8) is 0 Å². The Morgan fingerprint density at radius 2 is 1.97 bits per heavy atom. The van der Waals surface area contributed by atoms with E-state index in [4.69, 9.17) is 5.73 Å². The summed E-state index contributed by atoms with van der Waals surface area (Å²) in [6.45, 7) is 2.80. The average molecular weight is 449 g/mol. The lowest BCUT2D eigenvalue weighted by atomic mass is 10.1. The van der Waals surface area contributed by atoms with Gasteiger partial charge in [-0.3, -0.25) is 13.9 Å². The first-order chi connectivity index (χ1) is 15.9. The van der Waals surface area contributed by atoms with Crippen molar-refractivity contribution in [2.75, 3.05) is 18.0 Å². The first kappa shape index (κ1) is 20.9. The molecule has 5 rings (SSSR count). The van der Waals surface area contributed by atoms with Crippen molar-refractivity contribution in [3.8, 4) is 0 Å². The number of aromatic nitrogens is 6. The molecule has 1 atom stereocenters. The number of piperidine rings is 1. The van der Waals surface area contributed by atoms with E-state index in [0.717, 1.165) is 33.2 Å². The van der Waals surface area contributed by atoms with Crippen LogP contribution in [0.15, 0.2) is 39.1 Å². The largest absolute Gasteiger partial charge is 0.339 e. The third kappa shape index (κ3) is 3.39. The Morgan fingerprint density at radius 3 is 2.73 bits per heavy atom. The quantitative estimate of drug-likeness (QED) is 0.447. The first-order valence-corrected chi connectivity index (χ1v) is 10.7. The fourth-order valence-electron chi connectivity index (χ4n) is 4.42. The summed E-state index contributed by atoms with van der Waals surface area (Å²) in [5.74, 6) is 0.523. The van der Waals surface area contributed by atoms with Gasteiger partial charge >= 0.3 is 5.69 Å². The molecule has 0 amide bonds. The third-order valence-corrected chi connectivity index (χ3v) is 6.06. The number of nitrogens with two attached hydrogens (primary N) is 1. The minimum Gasteiger partial charge on any atom is -0.339 e. The fourth-order valence-corrected chi connectivity index (χ4v) is 4.42. The van der Waals surface area contributed by atoms with Gasteiger partial charge in [0.05, 0.1) is 17.3 Å². The molecule has 1 saturated heterocycles. The van der Waals surface area contributed by atoms with E-state index in [1.165, 1.54) is 11.6 Å². The Balaban J connectivity index is 1.67. The van der Waals surface area contributed by atoms with Gasteiger partial charge in [0, 0.05) is 37.3 Å². The molecule has 12 nitrogen and oxygen atoms in total. The maximum absolute atomic E-state index is 13.4. The molecule has 0 bridgehead atoms. The molecule has 170 valence electrons. The zero-order chi connectivity index (χ0) is 23.3. The van der Waals surface area contributed by atoms with Crippen molar-refractivity contribution in [2.45, 2.75) is 32.4 Å². The number of nitroso groups, excluding NO2 is 1. The van der Waals surface area contributed by atoms with E-state index < -0.39 is 11.2 Å². The van der Waals surface area contributed by atoms with Crippen LogP contribution in [0.2, 0.25) is 0 Å². The van der Waals surface area contributed by atoms with E-state index >= 15 is 0 Å². The number of benzene rings is 1. The van der Waals surface area contributed by atoms with Crippen LogP contribution in [0, 0.1) is 11.8 Å². The molecule has 1 aliphatic heterocycles. The second kappa shape index (κ2) is 7.89. The Kier molecular flexibility index (Phi) is 5.01. The standard InChI is InChI=1S/C21H23N9O3/c1-12-14-7-3-4-8-15(14)24-16(23-12)11-29-19(31)17-18(27(2)21(29)32)25-20(30(17)26-33)28-9-5-6-13(22)10-28/h3-4,7-8,13H,5-6,9-11,22H2,1-2H3/t13-/m1/s1. The third-order valence-electron chi connectivity index (χ3n) is 6.06. The number of hydrogen-bond donors (Lipinski definition) is 1. The summed E-state index contributed by atoms with van der Waals surface area (Å²) in [6.07, 6.45) is 1.69. The molecule has 0 aliphatic carbocycles. The smallest absolute Gasteiger partial charge is 0.332 e. The zero-order valence-electron chi connectivity index (χ0n) is 18.3. The Labute approximate surface area is 187 Å². The number of aryl methyl sites for hydroxylation is 2. The van der Waals surface area contributed by atoms with Crippen molar-refractivity contribution < 1.29 is 0 Å². The molecule has 0 unspecified atom stereocenters. The summed E-state index contributed by atoms with van der Waals surface area (Å²) < 4.78 is 3.19. The van der Waals surface area contributed by atoms with Gasteiger partial charge < -0.3 is 10.6 Å². The predicted octanol–water partition coefficient (Wildman–Crippen LogP) is 0.654. The molecule has 0 spiro atoms. The highest BCUT2D eigenvalue weighted by atomic mass is 16.3. The lowest BCUT2D eigenvalue weighted by Gasteiger charge is -2.30. The van der Waals surface area contributed by atoms with Gasteiger partial charge in [-0.2, -0.15) is 9.66 Å². The molecular formula is C21H23N9O3. The average Bonchev–Trinajstić information content (AvgIpc) is 3.20. The van der Waals surface area contributed by atoms with E-state index in [2.05, 4.69) is 20.2 Å². The highest BCUT2D eigenvalue weighted by Crippen LogP contribution is 2.23. The molecule has 1 aromatic carbocycles. The highest BCUT2D eigenvalue weighted by molar-refractivity contribution is 5.80. The number of nitrogens with zero attached hydrogens (tertiary/aromatic N) is 8. The van der Waals surface area contributed by atoms with Crippen molar-refractivity contribution >= 4 is 28.0 Å². The molecule has 4 aromatic rings. The van der Waals surface area contributed by atoms with E-state index in [0.29, 0.717) is 24.4 Å². The van der Waals surface area contributed by atoms with Gasteiger partial charge in [-0.25, -0.2) is 14.8 Å². The SMILES string of the molecule is Cc1nc(Cn2c(=O)c3c(nc(N4CCC[C@@H](N)C4)n3N=O)n(C)c2=O)nc2ccccc12. The monoisotopic (exact) mass is 449 g/mol. The van der Waals surface area contributed by atoms with Crippen LogP contribution < -0.4 is 21.9 Å². The molecule has 4 heterocycles. The van der Waals surface area contributed by atoms with Gasteiger partial charge in [-0.15, -0.1) is 4.91 Å². The van der Waals surface area contributed by atoms with Crippen LogP contribution in [0.25, 0.3) is 22.1 Å². The summed E-state index contributed by atoms with van der Waals surface area (Å²) >= 11 is 0. The normalized spacial score (nSPS) is 16.6. The molecule has 1 aliphatic rings. The number of rotatable bonds is 4. The van der Waals surface area contributed by atoms with Gasteiger partial charge in [0.25, 0.3) is 5.56 Å². The van der Waals surface area contributed by atoms with Crippen molar-refractivity contribution in [1.82, 2.24) is 28.8 Å². The lowest BCUT2D eigenvalue weighted by molar-refractivity contribution is 0.496. The van der Waals surface area contributed by atoms with Crippen LogP contribution in [0.5, 0.6) is 0 Å². The summed E-state index contributed by atoms with van der Waals surface area (Å²) in [5.41, 5.74) is 6.28. The predicted molar refractivity (Wildman–Crippen MR) is 123 cm³/mol. The summed E-state index contributed by atoms with van der Waals surface area (Å²) in [7, 11) is 1.50. The maximum Gasteiger partial charge on any atom is 0.332 e. The van der Waals surface area contributed by atoms with Gasteiger partial charge in [0.2, 0.25) is 5.95 Å². The fraction of sp³-hybridized carbons (Fsp3) is 0.381. The van der Waals surface area contributed by atoms with Crippen LogP contribution in [-0.2, 0) is 13.6 Å². The highest BCUT2D eigenvalue weighted by Gasteiger charge is 2.27. The van der Waals surface area contributed by atoms with Gasteiger partial charge in [0.1, 0.15) is 5.82 Å². The summed E-state index contributed by atoms with van der Waals surface area (Å²) in [4.78, 5) is 53.5. The van der Waals surface area contributed by atoms with E-state index in [9.17, 15) is 14.5 Å². The Bertz CT molecular complexity index is 1520. The van der Waals surface area contributed by atoms with E-state index in [-0.39, 0.29) is 29.7 Å². The Hall–Kier alpha value is -3.93. The molecule has 0 radical (unpaired) electrons. The second-order valence-corrected chi connectivity index (χ2v) is 8.30. The number of fused-ring (bicyclic) bond motifs is 2. The lowest BCUT2D eigenvalue weighted by Crippen LogP contribution is -2.43. The van der Waals surface area contributed by atoms with Crippen LogP contribution >= 0.6 is 0 Å². The maximum atomic E-state index is 13.4. The van der Waals surface area contributed by atoms with Crippen LogP contribution in [0.3, 0.4) is 0 Å². The molecule has 3 aromatic heterocycles. The molecule has 12 heteroatoms. The Morgan fingerprint density at radius 1 is 1.18 bits per heavy atom. The molecule has 1 fully saturated rings. The van der Waals surface area contributed by atoms with Crippen molar-refractivity contribution in [2.24, 2.45) is 18.1 Å². The number of para-hydroxylation sites is 1.